The third kappa shape index (κ3) is 7.98. The molecule has 0 aromatic heterocycles. The number of rotatable bonds is 8. The SMILES string of the molecule is C=C(CC)CCCCCOC(=O)C(=C)C. The van der Waals surface area contributed by atoms with Crippen LogP contribution >= 0.6 is 0 Å². The summed E-state index contributed by atoms with van der Waals surface area (Å²) in [6, 6.07) is 0. The van der Waals surface area contributed by atoms with E-state index in [2.05, 4.69) is 20.1 Å². The van der Waals surface area contributed by atoms with Gasteiger partial charge in [0.2, 0.25) is 0 Å². The molecule has 86 valence electrons. The van der Waals surface area contributed by atoms with Crippen molar-refractivity contribution in [3.8, 4) is 0 Å². The van der Waals surface area contributed by atoms with E-state index in [4.69, 9.17) is 4.74 Å². The summed E-state index contributed by atoms with van der Waals surface area (Å²) in [4.78, 5) is 11.0. The number of ether oxygens (including phenoxy) is 1. The molecule has 0 aliphatic rings. The van der Waals surface area contributed by atoms with E-state index in [0.717, 1.165) is 32.1 Å². The van der Waals surface area contributed by atoms with Gasteiger partial charge in [0.25, 0.3) is 0 Å². The molecule has 0 heterocycles. The van der Waals surface area contributed by atoms with Crippen LogP contribution in [0.15, 0.2) is 24.3 Å². The Hall–Kier alpha value is -1.05. The summed E-state index contributed by atoms with van der Waals surface area (Å²) in [7, 11) is 0. The second kappa shape index (κ2) is 8.27. The highest BCUT2D eigenvalue weighted by Crippen LogP contribution is 2.09. The molecule has 0 saturated heterocycles. The number of allylic oxidation sites excluding steroid dienone is 1. The lowest BCUT2D eigenvalue weighted by atomic mass is 10.1. The number of hydrogen-bond acceptors (Lipinski definition) is 2. The molecule has 0 atom stereocenters. The van der Waals surface area contributed by atoms with Crippen LogP contribution in [0.1, 0.15) is 46.0 Å². The minimum atomic E-state index is -0.284. The Kier molecular flexibility index (Phi) is 7.69. The first-order chi connectivity index (χ1) is 7.07. The molecular formula is C13H22O2. The molecule has 0 unspecified atom stereocenters. The molecule has 0 aromatic carbocycles. The minimum absolute atomic E-state index is 0.284. The van der Waals surface area contributed by atoms with Gasteiger partial charge in [-0.05, 0) is 39.0 Å². The van der Waals surface area contributed by atoms with Crippen LogP contribution < -0.4 is 0 Å². The van der Waals surface area contributed by atoms with Crippen molar-refractivity contribution in [2.45, 2.75) is 46.0 Å². The van der Waals surface area contributed by atoms with Gasteiger partial charge in [-0.25, -0.2) is 4.79 Å². The summed E-state index contributed by atoms with van der Waals surface area (Å²) in [5, 5.41) is 0. The fourth-order valence-electron chi connectivity index (χ4n) is 1.12. The van der Waals surface area contributed by atoms with Crippen molar-refractivity contribution in [2.75, 3.05) is 6.61 Å². The lowest BCUT2D eigenvalue weighted by Crippen LogP contribution is -2.06. The first kappa shape index (κ1) is 13.9. The van der Waals surface area contributed by atoms with Crippen molar-refractivity contribution < 1.29 is 9.53 Å². The van der Waals surface area contributed by atoms with Crippen molar-refractivity contribution in [1.29, 1.82) is 0 Å². The van der Waals surface area contributed by atoms with Crippen LogP contribution in [0.5, 0.6) is 0 Å². The van der Waals surface area contributed by atoms with Gasteiger partial charge < -0.3 is 4.74 Å². The molecule has 0 rings (SSSR count). The van der Waals surface area contributed by atoms with E-state index in [1.165, 1.54) is 5.57 Å². The molecule has 0 saturated carbocycles. The van der Waals surface area contributed by atoms with Crippen LogP contribution in [0.2, 0.25) is 0 Å². The van der Waals surface area contributed by atoms with E-state index in [1.54, 1.807) is 6.92 Å². The zero-order chi connectivity index (χ0) is 11.7. The van der Waals surface area contributed by atoms with E-state index in [-0.39, 0.29) is 5.97 Å². The quantitative estimate of drug-likeness (QED) is 0.265. The van der Waals surface area contributed by atoms with Gasteiger partial charge in [-0.3, -0.25) is 0 Å². The van der Waals surface area contributed by atoms with E-state index >= 15 is 0 Å². The second-order valence-corrected chi connectivity index (χ2v) is 3.83. The van der Waals surface area contributed by atoms with Gasteiger partial charge >= 0.3 is 5.97 Å². The molecule has 0 aliphatic carbocycles. The predicted octanol–water partition coefficient (Wildman–Crippen LogP) is 3.63. The number of carbonyl (C=O) groups is 1. The van der Waals surface area contributed by atoms with Gasteiger partial charge in [-0.15, -0.1) is 0 Å². The van der Waals surface area contributed by atoms with Crippen molar-refractivity contribution in [3.05, 3.63) is 24.3 Å². The average molecular weight is 210 g/mol. The summed E-state index contributed by atoms with van der Waals surface area (Å²) in [5.41, 5.74) is 1.77. The maximum absolute atomic E-state index is 11.0. The minimum Gasteiger partial charge on any atom is -0.462 e. The fraction of sp³-hybridized carbons (Fsp3) is 0.615. The van der Waals surface area contributed by atoms with Crippen molar-refractivity contribution in [3.63, 3.8) is 0 Å². The number of hydrogen-bond donors (Lipinski definition) is 0. The summed E-state index contributed by atoms with van der Waals surface area (Å²) in [5.74, 6) is -0.284. The molecule has 0 aliphatic heterocycles. The Morgan fingerprint density at radius 1 is 1.20 bits per heavy atom. The summed E-state index contributed by atoms with van der Waals surface area (Å²) in [6.45, 7) is 11.8. The number of unbranched alkanes of at least 4 members (excludes halogenated alkanes) is 2. The van der Waals surface area contributed by atoms with E-state index in [0.29, 0.717) is 12.2 Å². The van der Waals surface area contributed by atoms with Crippen LogP contribution in [0.25, 0.3) is 0 Å². The lowest BCUT2D eigenvalue weighted by Gasteiger charge is -2.04. The smallest absolute Gasteiger partial charge is 0.333 e. The topological polar surface area (TPSA) is 26.3 Å². The first-order valence-electron chi connectivity index (χ1n) is 5.57. The van der Waals surface area contributed by atoms with Gasteiger partial charge in [0.15, 0.2) is 0 Å². The first-order valence-corrected chi connectivity index (χ1v) is 5.57. The van der Waals surface area contributed by atoms with Crippen molar-refractivity contribution in [2.24, 2.45) is 0 Å². The third-order valence-corrected chi connectivity index (χ3v) is 2.26. The van der Waals surface area contributed by atoms with Crippen LogP contribution in [0.3, 0.4) is 0 Å². The predicted molar refractivity (Wildman–Crippen MR) is 63.7 cm³/mol. The summed E-state index contributed by atoms with van der Waals surface area (Å²) in [6.07, 6.45) is 5.30. The van der Waals surface area contributed by atoms with Gasteiger partial charge in [0, 0.05) is 5.57 Å². The third-order valence-electron chi connectivity index (χ3n) is 2.26. The zero-order valence-corrected chi connectivity index (χ0v) is 9.97. The molecule has 2 heteroatoms. The Bertz CT molecular complexity index is 229. The normalized spacial score (nSPS) is 9.73. The standard InChI is InChI=1S/C13H22O2/c1-5-12(4)9-7-6-8-10-15-13(14)11(2)3/h2,4-10H2,1,3H3. The number of carbonyl (C=O) groups excluding carboxylic acids is 1. The fourth-order valence-corrected chi connectivity index (χ4v) is 1.12. The highest BCUT2D eigenvalue weighted by atomic mass is 16.5. The molecule has 0 spiro atoms. The van der Waals surface area contributed by atoms with Gasteiger partial charge in [0.1, 0.15) is 0 Å². The highest BCUT2D eigenvalue weighted by Gasteiger charge is 2.01. The Balaban J connectivity index is 3.29. The van der Waals surface area contributed by atoms with Gasteiger partial charge in [-0.2, -0.15) is 0 Å². The molecule has 0 amide bonds. The highest BCUT2D eigenvalue weighted by molar-refractivity contribution is 5.86. The van der Waals surface area contributed by atoms with Crippen LogP contribution in [0, 0.1) is 0 Å². The Labute approximate surface area is 93.0 Å². The Morgan fingerprint density at radius 2 is 1.87 bits per heavy atom. The Morgan fingerprint density at radius 3 is 2.40 bits per heavy atom. The maximum atomic E-state index is 11.0. The molecule has 0 radical (unpaired) electrons. The molecule has 0 bridgehead atoms. The van der Waals surface area contributed by atoms with Gasteiger partial charge in [0.05, 0.1) is 6.61 Å². The van der Waals surface area contributed by atoms with Crippen molar-refractivity contribution >= 4 is 5.97 Å². The van der Waals surface area contributed by atoms with E-state index in [9.17, 15) is 4.79 Å². The average Bonchev–Trinajstić information content (AvgIpc) is 2.22. The summed E-state index contributed by atoms with van der Waals surface area (Å²) >= 11 is 0. The molecule has 0 aromatic rings. The zero-order valence-electron chi connectivity index (χ0n) is 9.97. The van der Waals surface area contributed by atoms with Crippen LogP contribution in [-0.4, -0.2) is 12.6 Å². The summed E-state index contributed by atoms with van der Waals surface area (Å²) < 4.78 is 4.98. The lowest BCUT2D eigenvalue weighted by molar-refractivity contribution is -0.139. The molecule has 2 nitrogen and oxygen atoms in total. The van der Waals surface area contributed by atoms with E-state index < -0.39 is 0 Å². The molecular weight excluding hydrogens is 188 g/mol. The second-order valence-electron chi connectivity index (χ2n) is 3.83. The maximum Gasteiger partial charge on any atom is 0.333 e. The van der Waals surface area contributed by atoms with Crippen LogP contribution in [-0.2, 0) is 9.53 Å². The molecule has 0 fully saturated rings. The molecule has 15 heavy (non-hydrogen) atoms. The number of esters is 1. The largest absolute Gasteiger partial charge is 0.462 e. The van der Waals surface area contributed by atoms with Crippen molar-refractivity contribution in [1.82, 2.24) is 0 Å². The monoisotopic (exact) mass is 210 g/mol. The van der Waals surface area contributed by atoms with E-state index in [1.807, 2.05) is 0 Å². The van der Waals surface area contributed by atoms with Crippen LogP contribution in [0.4, 0.5) is 0 Å². The molecule has 0 N–H and O–H groups in total. The van der Waals surface area contributed by atoms with Gasteiger partial charge in [-0.1, -0.05) is 25.7 Å².